The average molecular weight is 513 g/mol. The van der Waals surface area contributed by atoms with Crippen LogP contribution in [0.3, 0.4) is 0 Å². The van der Waals surface area contributed by atoms with E-state index in [4.69, 9.17) is 9.97 Å². The van der Waals surface area contributed by atoms with E-state index in [0.717, 1.165) is 44.6 Å². The van der Waals surface area contributed by atoms with Crippen LogP contribution in [0.2, 0.25) is 0 Å². The third kappa shape index (κ3) is 3.54. The van der Waals surface area contributed by atoms with Crippen molar-refractivity contribution in [2.24, 2.45) is 0 Å². The molecule has 40 heavy (non-hydrogen) atoms. The molecule has 3 aromatic heterocycles. The fraction of sp³-hybridized carbons (Fsp3) is 0. The second-order valence-electron chi connectivity index (χ2n) is 9.94. The lowest BCUT2D eigenvalue weighted by atomic mass is 10.1. The van der Waals surface area contributed by atoms with Crippen LogP contribution < -0.4 is 0 Å². The van der Waals surface area contributed by atoms with Crippen LogP contribution in [0, 0.1) is 0 Å². The van der Waals surface area contributed by atoms with E-state index in [1.165, 1.54) is 16.3 Å². The van der Waals surface area contributed by atoms with Gasteiger partial charge in [0.1, 0.15) is 0 Å². The van der Waals surface area contributed by atoms with Crippen molar-refractivity contribution in [1.29, 1.82) is 0 Å². The van der Waals surface area contributed by atoms with Gasteiger partial charge < -0.3 is 4.57 Å². The SMILES string of the molecule is c1ccc(-c2cc(-c3ccccc3)nc(-n3ccc4ccc5c(c6ccccc6n5-c5ccccc5)c43)n2)cc1. The topological polar surface area (TPSA) is 35.6 Å². The Labute approximate surface area is 231 Å². The van der Waals surface area contributed by atoms with Gasteiger partial charge >= 0.3 is 0 Å². The highest BCUT2D eigenvalue weighted by atomic mass is 15.2. The maximum absolute atomic E-state index is 5.12. The summed E-state index contributed by atoms with van der Waals surface area (Å²) < 4.78 is 4.50. The summed E-state index contributed by atoms with van der Waals surface area (Å²) in [5.41, 5.74) is 8.48. The summed E-state index contributed by atoms with van der Waals surface area (Å²) >= 11 is 0. The van der Waals surface area contributed by atoms with Gasteiger partial charge in [0, 0.05) is 39.2 Å². The number of aromatic nitrogens is 4. The lowest BCUT2D eigenvalue weighted by molar-refractivity contribution is 0.971. The van der Waals surface area contributed by atoms with E-state index in [-0.39, 0.29) is 0 Å². The van der Waals surface area contributed by atoms with Crippen molar-refractivity contribution in [3.63, 3.8) is 0 Å². The normalized spacial score (nSPS) is 11.5. The summed E-state index contributed by atoms with van der Waals surface area (Å²) in [6.07, 6.45) is 2.09. The number of fused-ring (bicyclic) bond motifs is 5. The number of hydrogen-bond acceptors (Lipinski definition) is 2. The highest BCUT2D eigenvalue weighted by Crippen LogP contribution is 2.38. The molecule has 4 nitrogen and oxygen atoms in total. The van der Waals surface area contributed by atoms with Gasteiger partial charge in [0.2, 0.25) is 5.95 Å². The number of rotatable bonds is 4. The highest BCUT2D eigenvalue weighted by molar-refractivity contribution is 6.20. The van der Waals surface area contributed by atoms with E-state index in [9.17, 15) is 0 Å². The van der Waals surface area contributed by atoms with Crippen LogP contribution in [0.4, 0.5) is 0 Å². The molecule has 0 spiro atoms. The van der Waals surface area contributed by atoms with Gasteiger partial charge in [0.15, 0.2) is 0 Å². The number of nitrogens with zero attached hydrogens (tertiary/aromatic N) is 4. The predicted octanol–water partition coefficient (Wildman–Crippen LogP) is 8.85. The Hall–Kier alpha value is -5.48. The lowest BCUT2D eigenvalue weighted by Gasteiger charge is -2.11. The molecular weight excluding hydrogens is 488 g/mol. The Morgan fingerprint density at radius 1 is 0.500 bits per heavy atom. The molecule has 0 amide bonds. The fourth-order valence-corrected chi connectivity index (χ4v) is 5.76. The van der Waals surface area contributed by atoms with Gasteiger partial charge in [-0.25, -0.2) is 9.97 Å². The van der Waals surface area contributed by atoms with Crippen LogP contribution in [0.5, 0.6) is 0 Å². The number of para-hydroxylation sites is 2. The molecule has 0 saturated carbocycles. The monoisotopic (exact) mass is 512 g/mol. The van der Waals surface area contributed by atoms with Crippen molar-refractivity contribution in [3.8, 4) is 34.2 Å². The predicted molar refractivity (Wildman–Crippen MR) is 164 cm³/mol. The van der Waals surface area contributed by atoms with Gasteiger partial charge in [-0.2, -0.15) is 0 Å². The van der Waals surface area contributed by atoms with E-state index in [0.29, 0.717) is 5.95 Å². The maximum atomic E-state index is 5.12. The molecule has 5 aromatic carbocycles. The summed E-state index contributed by atoms with van der Waals surface area (Å²) in [6.45, 7) is 0. The van der Waals surface area contributed by atoms with Crippen molar-refractivity contribution >= 4 is 32.7 Å². The molecule has 0 fully saturated rings. The van der Waals surface area contributed by atoms with Crippen LogP contribution in [0.25, 0.3) is 66.9 Å². The first kappa shape index (κ1) is 22.5. The number of hydrogen-bond donors (Lipinski definition) is 0. The molecule has 0 atom stereocenters. The Morgan fingerprint density at radius 3 is 1.77 bits per heavy atom. The van der Waals surface area contributed by atoms with Crippen LogP contribution >= 0.6 is 0 Å². The van der Waals surface area contributed by atoms with Crippen LogP contribution in [0.1, 0.15) is 0 Å². The Bertz CT molecular complexity index is 2080. The van der Waals surface area contributed by atoms with Crippen LogP contribution in [-0.2, 0) is 0 Å². The standard InChI is InChI=1S/C36H24N4/c1-4-12-25(13-5-1)30-24-31(26-14-6-2-7-15-26)38-36(37-30)39-23-22-27-20-21-33-34(35(27)39)29-18-10-11-19-32(29)40(33)28-16-8-3-9-17-28/h1-24H. The highest BCUT2D eigenvalue weighted by Gasteiger charge is 2.19. The number of benzene rings is 5. The molecule has 188 valence electrons. The van der Waals surface area contributed by atoms with Gasteiger partial charge in [0.05, 0.1) is 27.9 Å². The third-order valence-corrected chi connectivity index (χ3v) is 7.57. The minimum atomic E-state index is 0.652. The fourth-order valence-electron chi connectivity index (χ4n) is 5.76. The Kier molecular flexibility index (Phi) is 5.10. The zero-order valence-electron chi connectivity index (χ0n) is 21.6. The zero-order chi connectivity index (χ0) is 26.5. The lowest BCUT2D eigenvalue weighted by Crippen LogP contribution is -2.03. The summed E-state index contributed by atoms with van der Waals surface area (Å²) in [6, 6.07) is 48.5. The van der Waals surface area contributed by atoms with E-state index < -0.39 is 0 Å². The molecule has 0 aliphatic carbocycles. The van der Waals surface area contributed by atoms with Crippen molar-refractivity contribution in [2.45, 2.75) is 0 Å². The van der Waals surface area contributed by atoms with Crippen molar-refractivity contribution < 1.29 is 0 Å². The van der Waals surface area contributed by atoms with Gasteiger partial charge in [-0.3, -0.25) is 4.57 Å². The molecule has 0 aliphatic heterocycles. The summed E-state index contributed by atoms with van der Waals surface area (Å²) in [4.78, 5) is 10.2. The molecule has 0 unspecified atom stereocenters. The molecule has 0 aliphatic rings. The first-order valence-corrected chi connectivity index (χ1v) is 13.4. The molecule has 0 radical (unpaired) electrons. The largest absolute Gasteiger partial charge is 0.309 e. The maximum Gasteiger partial charge on any atom is 0.235 e. The first-order valence-electron chi connectivity index (χ1n) is 13.4. The van der Waals surface area contributed by atoms with Crippen molar-refractivity contribution in [3.05, 3.63) is 146 Å². The molecule has 0 N–H and O–H groups in total. The van der Waals surface area contributed by atoms with Crippen molar-refractivity contribution in [1.82, 2.24) is 19.1 Å². The Morgan fingerprint density at radius 2 is 1.10 bits per heavy atom. The van der Waals surface area contributed by atoms with Gasteiger partial charge in [-0.15, -0.1) is 0 Å². The van der Waals surface area contributed by atoms with E-state index in [1.54, 1.807) is 0 Å². The van der Waals surface area contributed by atoms with E-state index in [1.807, 2.05) is 36.4 Å². The molecule has 4 heteroatoms. The molecule has 8 aromatic rings. The third-order valence-electron chi connectivity index (χ3n) is 7.57. The van der Waals surface area contributed by atoms with Gasteiger partial charge in [0.25, 0.3) is 0 Å². The summed E-state index contributed by atoms with van der Waals surface area (Å²) in [7, 11) is 0. The Balaban J connectivity index is 1.45. The summed E-state index contributed by atoms with van der Waals surface area (Å²) in [5.74, 6) is 0.652. The minimum absolute atomic E-state index is 0.652. The molecule has 8 rings (SSSR count). The first-order chi connectivity index (χ1) is 19.8. The average Bonchev–Trinajstić information content (AvgIpc) is 3.61. The van der Waals surface area contributed by atoms with E-state index in [2.05, 4.69) is 118 Å². The second-order valence-corrected chi connectivity index (χ2v) is 9.94. The van der Waals surface area contributed by atoms with Gasteiger partial charge in [-0.05, 0) is 36.4 Å². The second kappa shape index (κ2) is 9.07. The summed E-state index contributed by atoms with van der Waals surface area (Å²) in [5, 5.41) is 3.55. The zero-order valence-corrected chi connectivity index (χ0v) is 21.6. The smallest absolute Gasteiger partial charge is 0.235 e. The molecule has 0 bridgehead atoms. The molecule has 3 heterocycles. The molecular formula is C36H24N4. The van der Waals surface area contributed by atoms with Gasteiger partial charge in [-0.1, -0.05) is 103 Å². The quantitative estimate of drug-likeness (QED) is 0.236. The van der Waals surface area contributed by atoms with Crippen LogP contribution in [0.15, 0.2) is 146 Å². The van der Waals surface area contributed by atoms with Crippen LogP contribution in [-0.4, -0.2) is 19.1 Å². The molecule has 0 saturated heterocycles. The van der Waals surface area contributed by atoms with E-state index >= 15 is 0 Å². The van der Waals surface area contributed by atoms with Crippen molar-refractivity contribution in [2.75, 3.05) is 0 Å². The minimum Gasteiger partial charge on any atom is -0.309 e.